The van der Waals surface area contributed by atoms with E-state index in [0.29, 0.717) is 6.42 Å². The van der Waals surface area contributed by atoms with Gasteiger partial charge in [0, 0.05) is 24.4 Å². The van der Waals surface area contributed by atoms with Gasteiger partial charge in [0.25, 0.3) is 0 Å². The van der Waals surface area contributed by atoms with Crippen molar-refractivity contribution in [1.82, 2.24) is 4.90 Å². The van der Waals surface area contributed by atoms with Crippen molar-refractivity contribution in [2.45, 2.75) is 27.2 Å². The van der Waals surface area contributed by atoms with Crippen LogP contribution in [0.4, 0.5) is 4.79 Å². The second kappa shape index (κ2) is 4.45. The zero-order chi connectivity index (χ0) is 14.1. The number of amides is 1. The lowest BCUT2D eigenvalue weighted by Crippen LogP contribution is -2.43. The maximum Gasteiger partial charge on any atom is 0.407 e. The Morgan fingerprint density at radius 2 is 2.11 bits per heavy atom. The Balaban J connectivity index is 3.10. The lowest BCUT2D eigenvalue weighted by atomic mass is 9.65. The fraction of sp³-hybridized carbons (Fsp3) is 0.615. The van der Waals surface area contributed by atoms with Crippen molar-refractivity contribution in [3.8, 4) is 6.07 Å². The maximum atomic E-state index is 12.0. The molecule has 0 bridgehead atoms. The highest BCUT2D eigenvalue weighted by Gasteiger charge is 2.43. The van der Waals surface area contributed by atoms with Gasteiger partial charge in [-0.15, -0.1) is 0 Å². The number of allylic oxidation sites excluding steroid dienone is 1. The van der Waals surface area contributed by atoms with E-state index in [1.54, 1.807) is 19.9 Å². The van der Waals surface area contributed by atoms with Crippen LogP contribution in [-0.2, 0) is 4.79 Å². The number of carbonyl (C=O) groups is 2. The first-order chi connectivity index (χ1) is 8.11. The smallest absolute Gasteiger partial charge is 0.407 e. The van der Waals surface area contributed by atoms with Crippen molar-refractivity contribution in [3.05, 3.63) is 11.6 Å². The Morgan fingerprint density at radius 3 is 2.56 bits per heavy atom. The van der Waals surface area contributed by atoms with E-state index < -0.39 is 16.9 Å². The number of carbonyl (C=O) groups excluding carboxylic acids is 1. The molecular weight excluding hydrogens is 232 g/mol. The molecule has 1 aliphatic carbocycles. The van der Waals surface area contributed by atoms with Gasteiger partial charge in [-0.2, -0.15) is 5.26 Å². The van der Waals surface area contributed by atoms with Crippen LogP contribution in [0.15, 0.2) is 11.6 Å². The Kier molecular flexibility index (Phi) is 3.52. The van der Waals surface area contributed by atoms with E-state index in [4.69, 9.17) is 10.4 Å². The lowest BCUT2D eigenvalue weighted by molar-refractivity contribution is -0.125. The molecule has 1 unspecified atom stereocenters. The summed E-state index contributed by atoms with van der Waals surface area (Å²) < 4.78 is 0. The van der Waals surface area contributed by atoms with Gasteiger partial charge in [-0.1, -0.05) is 26.8 Å². The molecule has 18 heavy (non-hydrogen) atoms. The average molecular weight is 250 g/mol. The Labute approximate surface area is 107 Å². The van der Waals surface area contributed by atoms with Crippen molar-refractivity contribution < 1.29 is 14.7 Å². The molecule has 0 saturated carbocycles. The second-order valence-electron chi connectivity index (χ2n) is 5.85. The minimum atomic E-state index is -1.02. The predicted octanol–water partition coefficient (Wildman–Crippen LogP) is 2.05. The van der Waals surface area contributed by atoms with Gasteiger partial charge >= 0.3 is 6.09 Å². The average Bonchev–Trinajstić information content (AvgIpc) is 2.22. The highest BCUT2D eigenvalue weighted by Crippen LogP contribution is 2.42. The molecule has 0 radical (unpaired) electrons. The number of hydrogen-bond acceptors (Lipinski definition) is 3. The van der Waals surface area contributed by atoms with Crippen LogP contribution in [-0.4, -0.2) is 35.5 Å². The van der Waals surface area contributed by atoms with Crippen molar-refractivity contribution in [3.63, 3.8) is 0 Å². The number of rotatable bonds is 2. The Morgan fingerprint density at radius 1 is 1.56 bits per heavy atom. The molecule has 1 atom stereocenters. The van der Waals surface area contributed by atoms with E-state index >= 15 is 0 Å². The van der Waals surface area contributed by atoms with E-state index in [2.05, 4.69) is 0 Å². The number of carboxylic acid groups (broad SMARTS) is 1. The fourth-order valence-corrected chi connectivity index (χ4v) is 2.71. The molecule has 0 heterocycles. The van der Waals surface area contributed by atoms with Gasteiger partial charge in [-0.3, -0.25) is 4.79 Å². The molecule has 0 aromatic carbocycles. The molecule has 1 aliphatic rings. The van der Waals surface area contributed by atoms with Crippen LogP contribution < -0.4 is 0 Å². The summed E-state index contributed by atoms with van der Waals surface area (Å²) in [4.78, 5) is 24.0. The number of Topliss-reactive ketones (excluding diaryl/α,β-unsaturated/α-hetero) is 1. The Bertz CT molecular complexity index is 459. The molecule has 5 nitrogen and oxygen atoms in total. The van der Waals surface area contributed by atoms with Crippen molar-refractivity contribution in [2.24, 2.45) is 10.8 Å². The fourth-order valence-electron chi connectivity index (χ4n) is 2.71. The van der Waals surface area contributed by atoms with Crippen LogP contribution in [0.1, 0.15) is 27.2 Å². The van der Waals surface area contributed by atoms with E-state index in [1.165, 1.54) is 11.9 Å². The molecule has 0 aromatic rings. The number of nitrogens with zero attached hydrogens (tertiary/aromatic N) is 2. The molecule has 1 amide bonds. The van der Waals surface area contributed by atoms with Gasteiger partial charge < -0.3 is 10.0 Å². The van der Waals surface area contributed by atoms with Crippen LogP contribution >= 0.6 is 0 Å². The van der Waals surface area contributed by atoms with Crippen LogP contribution in [0.3, 0.4) is 0 Å². The lowest BCUT2D eigenvalue weighted by Gasteiger charge is -2.40. The number of nitriles is 1. The summed E-state index contributed by atoms with van der Waals surface area (Å²) in [6, 6.07) is 1.91. The van der Waals surface area contributed by atoms with E-state index in [0.717, 1.165) is 0 Å². The zero-order valence-corrected chi connectivity index (χ0v) is 11.1. The summed E-state index contributed by atoms with van der Waals surface area (Å²) in [5, 5.41) is 17.9. The summed E-state index contributed by atoms with van der Waals surface area (Å²) in [7, 11) is 1.48. The summed E-state index contributed by atoms with van der Waals surface area (Å²) in [6.45, 7) is 5.72. The third kappa shape index (κ3) is 2.70. The quantitative estimate of drug-likeness (QED) is 0.813. The minimum Gasteiger partial charge on any atom is -0.465 e. The van der Waals surface area contributed by atoms with Crippen molar-refractivity contribution >= 4 is 11.9 Å². The SMILES string of the molecule is CN(CC1(C)C=C(C#N)C(=O)C(C)(C)C1)C(=O)O. The van der Waals surface area contributed by atoms with E-state index in [9.17, 15) is 9.59 Å². The molecule has 1 N–H and O–H groups in total. The first-order valence-corrected chi connectivity index (χ1v) is 5.73. The number of ketones is 1. The minimum absolute atomic E-state index is 0.132. The summed E-state index contributed by atoms with van der Waals surface area (Å²) in [5.74, 6) is -0.166. The molecule has 5 heteroatoms. The normalized spacial score (nSPS) is 26.2. The molecule has 0 aromatic heterocycles. The standard InChI is InChI=1S/C13H18N2O3/c1-12(2)7-13(3,8-15(4)11(17)18)5-9(6-14)10(12)16/h5H,7-8H2,1-4H3,(H,17,18). The van der Waals surface area contributed by atoms with Crippen molar-refractivity contribution in [1.29, 1.82) is 5.26 Å². The summed E-state index contributed by atoms with van der Waals surface area (Å²) >= 11 is 0. The van der Waals surface area contributed by atoms with Crippen LogP contribution in [0, 0.1) is 22.2 Å². The molecule has 0 aliphatic heterocycles. The molecule has 1 rings (SSSR count). The summed E-state index contributed by atoms with van der Waals surface area (Å²) in [6.07, 6.45) is 1.12. The highest BCUT2D eigenvalue weighted by atomic mass is 16.4. The summed E-state index contributed by atoms with van der Waals surface area (Å²) in [5.41, 5.74) is -0.990. The molecule has 98 valence electrons. The van der Waals surface area contributed by atoms with Gasteiger partial charge in [0.2, 0.25) is 0 Å². The molecule has 0 fully saturated rings. The predicted molar refractivity (Wildman–Crippen MR) is 65.9 cm³/mol. The second-order valence-corrected chi connectivity index (χ2v) is 5.85. The molecule has 0 spiro atoms. The van der Waals surface area contributed by atoms with Gasteiger partial charge in [0.15, 0.2) is 5.78 Å². The van der Waals surface area contributed by atoms with E-state index in [-0.39, 0.29) is 17.9 Å². The van der Waals surface area contributed by atoms with Gasteiger partial charge in [-0.25, -0.2) is 4.79 Å². The topological polar surface area (TPSA) is 81.4 Å². The molecule has 0 saturated heterocycles. The van der Waals surface area contributed by atoms with E-state index in [1.807, 2.05) is 13.0 Å². The highest BCUT2D eigenvalue weighted by molar-refractivity contribution is 6.03. The third-order valence-electron chi connectivity index (χ3n) is 3.24. The first kappa shape index (κ1) is 14.2. The molecular formula is C13H18N2O3. The van der Waals surface area contributed by atoms with Crippen molar-refractivity contribution in [2.75, 3.05) is 13.6 Å². The van der Waals surface area contributed by atoms with Gasteiger partial charge in [0.05, 0.1) is 5.57 Å². The zero-order valence-electron chi connectivity index (χ0n) is 11.1. The van der Waals surface area contributed by atoms with Crippen LogP contribution in [0.5, 0.6) is 0 Å². The maximum absolute atomic E-state index is 12.0. The first-order valence-electron chi connectivity index (χ1n) is 5.73. The largest absolute Gasteiger partial charge is 0.465 e. The van der Waals surface area contributed by atoms with Gasteiger partial charge in [-0.05, 0) is 6.42 Å². The van der Waals surface area contributed by atoms with Gasteiger partial charge in [0.1, 0.15) is 6.07 Å². The van der Waals surface area contributed by atoms with Crippen LogP contribution in [0.25, 0.3) is 0 Å². The Hall–Kier alpha value is -1.83. The third-order valence-corrected chi connectivity index (χ3v) is 3.24. The van der Waals surface area contributed by atoms with Crippen LogP contribution in [0.2, 0.25) is 0 Å². The monoisotopic (exact) mass is 250 g/mol. The number of hydrogen-bond donors (Lipinski definition) is 1.